The molecule has 1 aromatic heterocycles. The Kier molecular flexibility index (Phi) is 12.2. The number of anilines is 1. The van der Waals surface area contributed by atoms with Crippen LogP contribution in [-0.2, 0) is 29.9 Å². The maximum absolute atomic E-state index is 15.5. The number of carbonyl (C=O) groups is 4. The third kappa shape index (κ3) is 9.11. The monoisotopic (exact) mass is 695 g/mol. The largest absolute Gasteiger partial charge is 0.390 e. The standard InChI is InChI=1S/C33H44F3N5O6S/c1-5-26(42)39-27(30(44)41-14-12-32(4,46)13-15-41)20(3)22-10-11-24(23(34)16-22)38-29(43)28(21-8-6-19(2)7-9-21)47-40-31(45)33(35,36)25-17-37-18-48-25/h10-11,16-21,27-28,46H,5-9,12-15H2,1-4H3,(H,38,43)(H,39,42)(H,40,45)/t19?,20-,21?,27+,28?/m0/s1. The fourth-order valence-corrected chi connectivity index (χ4v) is 6.61. The van der Waals surface area contributed by atoms with E-state index in [-0.39, 0.29) is 23.9 Å². The summed E-state index contributed by atoms with van der Waals surface area (Å²) in [5.41, 5.74) is 2.20. The van der Waals surface area contributed by atoms with E-state index in [9.17, 15) is 33.1 Å². The Hall–Kier alpha value is -3.56. The molecule has 11 nitrogen and oxygen atoms in total. The molecule has 4 amide bonds. The van der Waals surface area contributed by atoms with E-state index in [0.29, 0.717) is 61.6 Å². The Balaban J connectivity index is 1.49. The van der Waals surface area contributed by atoms with Crippen LogP contribution < -0.4 is 16.1 Å². The van der Waals surface area contributed by atoms with Crippen molar-refractivity contribution in [3.8, 4) is 0 Å². The number of nitrogens with zero attached hydrogens (tertiary/aromatic N) is 2. The zero-order valence-corrected chi connectivity index (χ0v) is 28.4. The van der Waals surface area contributed by atoms with Gasteiger partial charge >= 0.3 is 11.8 Å². The highest BCUT2D eigenvalue weighted by Gasteiger charge is 2.44. The molecule has 0 radical (unpaired) electrons. The number of amides is 4. The molecule has 15 heteroatoms. The summed E-state index contributed by atoms with van der Waals surface area (Å²) in [7, 11) is 0. The number of rotatable bonds is 12. The summed E-state index contributed by atoms with van der Waals surface area (Å²) in [5.74, 6) is -8.73. The van der Waals surface area contributed by atoms with E-state index in [1.165, 1.54) is 12.1 Å². The molecule has 1 saturated heterocycles. The second-order valence-corrected chi connectivity index (χ2v) is 14.1. The summed E-state index contributed by atoms with van der Waals surface area (Å²) in [6, 6.07) is 3.00. The molecular weight excluding hydrogens is 651 g/mol. The molecule has 1 aliphatic heterocycles. The molecule has 2 fully saturated rings. The van der Waals surface area contributed by atoms with Crippen LogP contribution in [0.4, 0.5) is 18.9 Å². The quantitative estimate of drug-likeness (QED) is 0.237. The van der Waals surface area contributed by atoms with Crippen LogP contribution in [0, 0.1) is 17.7 Å². The average molecular weight is 696 g/mol. The lowest BCUT2D eigenvalue weighted by molar-refractivity contribution is -0.170. The van der Waals surface area contributed by atoms with Crippen molar-refractivity contribution in [3.05, 3.63) is 46.2 Å². The van der Waals surface area contributed by atoms with Crippen LogP contribution in [0.1, 0.15) is 89.0 Å². The van der Waals surface area contributed by atoms with E-state index in [1.54, 1.807) is 31.2 Å². The first kappa shape index (κ1) is 37.3. The third-order valence-electron chi connectivity index (χ3n) is 9.39. The molecule has 1 unspecified atom stereocenters. The Morgan fingerprint density at radius 3 is 2.42 bits per heavy atom. The Bertz CT molecular complexity index is 1440. The van der Waals surface area contributed by atoms with Gasteiger partial charge in [-0.15, -0.1) is 11.3 Å². The topological polar surface area (TPSA) is 150 Å². The van der Waals surface area contributed by atoms with Crippen molar-refractivity contribution in [2.24, 2.45) is 11.8 Å². The highest BCUT2D eigenvalue weighted by molar-refractivity contribution is 7.09. The molecule has 1 aliphatic carbocycles. The molecule has 48 heavy (non-hydrogen) atoms. The van der Waals surface area contributed by atoms with Crippen molar-refractivity contribution in [1.29, 1.82) is 0 Å². The zero-order valence-electron chi connectivity index (χ0n) is 27.6. The Labute approximate surface area is 282 Å². The number of aliphatic hydroxyl groups is 1. The smallest absolute Gasteiger partial charge is 0.362 e. The number of hydroxylamine groups is 1. The van der Waals surface area contributed by atoms with Crippen molar-refractivity contribution in [2.75, 3.05) is 18.4 Å². The number of aromatic nitrogens is 1. The zero-order chi connectivity index (χ0) is 35.2. The van der Waals surface area contributed by atoms with Crippen LogP contribution in [0.5, 0.6) is 0 Å². The molecule has 0 spiro atoms. The van der Waals surface area contributed by atoms with E-state index in [2.05, 4.69) is 22.5 Å². The summed E-state index contributed by atoms with van der Waals surface area (Å²) >= 11 is 0.598. The number of hydrogen-bond acceptors (Lipinski definition) is 8. The number of thiazole rings is 1. The van der Waals surface area contributed by atoms with Gasteiger partial charge in [-0.25, -0.2) is 9.87 Å². The number of piperidine rings is 1. The summed E-state index contributed by atoms with van der Waals surface area (Å²) in [5, 5.41) is 15.5. The maximum Gasteiger partial charge on any atom is 0.362 e. The Morgan fingerprint density at radius 1 is 1.17 bits per heavy atom. The lowest BCUT2D eigenvalue weighted by atomic mass is 9.80. The van der Waals surface area contributed by atoms with E-state index < -0.39 is 58.0 Å². The lowest BCUT2D eigenvalue weighted by Gasteiger charge is -2.38. The number of hydrogen-bond donors (Lipinski definition) is 4. The first-order chi connectivity index (χ1) is 22.6. The van der Waals surface area contributed by atoms with E-state index in [1.807, 2.05) is 0 Å². The van der Waals surface area contributed by atoms with Crippen molar-refractivity contribution in [2.45, 2.75) is 102 Å². The minimum atomic E-state index is -3.94. The molecule has 4 N–H and O–H groups in total. The number of likely N-dealkylation sites (tertiary alicyclic amines) is 1. The van der Waals surface area contributed by atoms with Crippen LogP contribution in [0.2, 0.25) is 0 Å². The van der Waals surface area contributed by atoms with Gasteiger partial charge in [0.05, 0.1) is 16.8 Å². The minimum absolute atomic E-state index is 0.136. The number of benzene rings is 1. The molecule has 2 heterocycles. The van der Waals surface area contributed by atoms with Crippen LogP contribution in [0.15, 0.2) is 29.9 Å². The highest BCUT2D eigenvalue weighted by Crippen LogP contribution is 2.34. The third-order valence-corrected chi connectivity index (χ3v) is 10.2. The molecule has 2 aliphatic rings. The first-order valence-corrected chi connectivity index (χ1v) is 17.1. The van der Waals surface area contributed by atoms with Gasteiger partial charge < -0.3 is 20.6 Å². The number of halogens is 3. The van der Waals surface area contributed by atoms with Crippen LogP contribution in [0.25, 0.3) is 0 Å². The molecule has 3 atom stereocenters. The molecule has 1 aromatic carbocycles. The van der Waals surface area contributed by atoms with Gasteiger partial charge in [0.15, 0.2) is 6.10 Å². The van der Waals surface area contributed by atoms with Crippen molar-refractivity contribution < 1.29 is 42.3 Å². The summed E-state index contributed by atoms with van der Waals surface area (Å²) < 4.78 is 44.8. The highest BCUT2D eigenvalue weighted by atomic mass is 32.1. The van der Waals surface area contributed by atoms with Gasteiger partial charge in [-0.1, -0.05) is 39.7 Å². The average Bonchev–Trinajstić information content (AvgIpc) is 3.61. The lowest BCUT2D eigenvalue weighted by Crippen LogP contribution is -2.54. The molecule has 0 bridgehead atoms. The van der Waals surface area contributed by atoms with Crippen molar-refractivity contribution >= 4 is 40.7 Å². The van der Waals surface area contributed by atoms with Gasteiger partial charge in [-0.05, 0) is 62.1 Å². The second kappa shape index (κ2) is 15.8. The van der Waals surface area contributed by atoms with Crippen LogP contribution in [-0.4, -0.2) is 69.5 Å². The van der Waals surface area contributed by atoms with E-state index >= 15 is 4.39 Å². The van der Waals surface area contributed by atoms with Crippen LogP contribution >= 0.6 is 11.3 Å². The van der Waals surface area contributed by atoms with Crippen molar-refractivity contribution in [1.82, 2.24) is 20.7 Å². The second-order valence-electron chi connectivity index (χ2n) is 13.2. The molecule has 2 aromatic rings. The number of nitrogens with one attached hydrogen (secondary N) is 3. The van der Waals surface area contributed by atoms with Gasteiger partial charge in [-0.3, -0.25) is 29.0 Å². The number of alkyl halides is 2. The van der Waals surface area contributed by atoms with Gasteiger partial charge in [0, 0.05) is 31.6 Å². The summed E-state index contributed by atoms with van der Waals surface area (Å²) in [6.45, 7) is 7.72. The van der Waals surface area contributed by atoms with Crippen molar-refractivity contribution in [3.63, 3.8) is 0 Å². The summed E-state index contributed by atoms with van der Waals surface area (Å²) in [4.78, 5) is 61.7. The minimum Gasteiger partial charge on any atom is -0.390 e. The molecule has 264 valence electrons. The fraction of sp³-hybridized carbons (Fsp3) is 0.606. The molecule has 1 saturated carbocycles. The SMILES string of the molecule is CCC(=O)N[C@@H](C(=O)N1CCC(C)(O)CC1)[C@@H](C)c1ccc(NC(=O)C(ONC(=O)C(F)(F)c2cncs2)C2CCC(C)CC2)c(F)c1. The van der Waals surface area contributed by atoms with E-state index in [0.717, 1.165) is 30.6 Å². The van der Waals surface area contributed by atoms with E-state index in [4.69, 9.17) is 4.84 Å². The van der Waals surface area contributed by atoms with Gasteiger partial charge in [0.1, 0.15) is 16.7 Å². The predicted molar refractivity (Wildman–Crippen MR) is 172 cm³/mol. The predicted octanol–water partition coefficient (Wildman–Crippen LogP) is 4.63. The maximum atomic E-state index is 15.5. The van der Waals surface area contributed by atoms with Gasteiger partial charge in [-0.2, -0.15) is 8.78 Å². The Morgan fingerprint density at radius 2 is 1.83 bits per heavy atom. The number of carbonyl (C=O) groups excluding carboxylic acids is 4. The van der Waals surface area contributed by atoms with Gasteiger partial charge in [0.25, 0.3) is 5.91 Å². The summed E-state index contributed by atoms with van der Waals surface area (Å²) in [6.07, 6.45) is 2.98. The normalized spacial score (nSPS) is 21.5. The fourth-order valence-electron chi connectivity index (χ4n) is 6.01. The van der Waals surface area contributed by atoms with Gasteiger partial charge in [0.2, 0.25) is 11.8 Å². The van der Waals surface area contributed by atoms with Crippen LogP contribution in [0.3, 0.4) is 0 Å². The molecule has 4 rings (SSSR count). The molecular formula is C33H44F3N5O6S. The first-order valence-electron chi connectivity index (χ1n) is 16.3.